The Hall–Kier alpha value is -3.15. The van der Waals surface area contributed by atoms with Crippen LogP contribution in [0.15, 0.2) is 46.9 Å². The molecule has 172 valence electrons. The second-order valence-electron chi connectivity index (χ2n) is 9.52. The van der Waals surface area contributed by atoms with Crippen LogP contribution in [0.3, 0.4) is 0 Å². The van der Waals surface area contributed by atoms with Gasteiger partial charge in [0.2, 0.25) is 11.8 Å². The lowest BCUT2D eigenvalue weighted by molar-refractivity contribution is -0.136. The summed E-state index contributed by atoms with van der Waals surface area (Å²) < 4.78 is 5.91. The highest BCUT2D eigenvalue weighted by molar-refractivity contribution is 5.97. The number of amides is 2. The quantitative estimate of drug-likeness (QED) is 0.572. The minimum absolute atomic E-state index is 0.0220. The molecule has 0 bridgehead atoms. The summed E-state index contributed by atoms with van der Waals surface area (Å²) in [5.74, 6) is 1.25. The van der Waals surface area contributed by atoms with E-state index in [-0.39, 0.29) is 17.7 Å². The maximum absolute atomic E-state index is 13.2. The summed E-state index contributed by atoms with van der Waals surface area (Å²) in [5.41, 5.74) is 4.10. The van der Waals surface area contributed by atoms with Gasteiger partial charge >= 0.3 is 0 Å². The van der Waals surface area contributed by atoms with Gasteiger partial charge in [-0.2, -0.15) is 0 Å². The molecular weight excluding hydrogens is 414 g/mol. The summed E-state index contributed by atoms with van der Waals surface area (Å²) in [6.07, 6.45) is 3.98. The molecule has 2 amide bonds. The number of rotatable bonds is 4. The standard InChI is InChI=1S/C27H31N3O3/c1-18-5-7-21(8-6-18)25-28-23-17-22(9-10-24(23)33-25)27(32)30-15-11-20(12-16-30)19(2)26(31)29-13-3-4-14-29/h5-10,17,19-20H,3-4,11-16H2,1-2H3. The van der Waals surface area contributed by atoms with Crippen molar-refractivity contribution in [2.45, 2.75) is 39.5 Å². The van der Waals surface area contributed by atoms with Gasteiger partial charge in [0.1, 0.15) is 5.52 Å². The molecule has 0 aliphatic carbocycles. The molecule has 0 N–H and O–H groups in total. The first-order valence-electron chi connectivity index (χ1n) is 12.1. The van der Waals surface area contributed by atoms with E-state index in [1.807, 2.05) is 59.2 Å². The van der Waals surface area contributed by atoms with E-state index in [9.17, 15) is 9.59 Å². The maximum atomic E-state index is 13.2. The van der Waals surface area contributed by atoms with Crippen LogP contribution in [0, 0.1) is 18.8 Å². The molecule has 0 spiro atoms. The molecule has 3 aromatic rings. The van der Waals surface area contributed by atoms with Crippen LogP contribution in [0.1, 0.15) is 48.5 Å². The SMILES string of the molecule is Cc1ccc(-c2nc3cc(C(=O)N4CCC(C(C)C(=O)N5CCCC5)CC4)ccc3o2)cc1. The van der Waals surface area contributed by atoms with Crippen molar-refractivity contribution in [2.24, 2.45) is 11.8 Å². The predicted molar refractivity (Wildman–Crippen MR) is 128 cm³/mol. The third-order valence-corrected chi connectivity index (χ3v) is 7.27. The first-order valence-corrected chi connectivity index (χ1v) is 12.1. The van der Waals surface area contributed by atoms with Crippen molar-refractivity contribution in [3.63, 3.8) is 0 Å². The molecule has 33 heavy (non-hydrogen) atoms. The fourth-order valence-electron chi connectivity index (χ4n) is 5.09. The molecule has 1 aromatic heterocycles. The van der Waals surface area contributed by atoms with Crippen molar-refractivity contribution in [3.8, 4) is 11.5 Å². The Morgan fingerprint density at radius 1 is 0.970 bits per heavy atom. The maximum Gasteiger partial charge on any atom is 0.253 e. The number of carbonyl (C=O) groups is 2. The number of fused-ring (bicyclic) bond motifs is 1. The van der Waals surface area contributed by atoms with E-state index >= 15 is 0 Å². The molecular formula is C27H31N3O3. The van der Waals surface area contributed by atoms with Gasteiger partial charge in [0, 0.05) is 43.2 Å². The smallest absolute Gasteiger partial charge is 0.253 e. The Labute approximate surface area is 194 Å². The third-order valence-electron chi connectivity index (χ3n) is 7.27. The van der Waals surface area contributed by atoms with Gasteiger partial charge in [-0.05, 0) is 68.9 Å². The van der Waals surface area contributed by atoms with Gasteiger partial charge in [-0.25, -0.2) is 4.98 Å². The first-order chi connectivity index (χ1) is 16.0. The molecule has 1 atom stereocenters. The van der Waals surface area contributed by atoms with E-state index < -0.39 is 0 Å². The molecule has 2 aliphatic rings. The highest BCUT2D eigenvalue weighted by Crippen LogP contribution is 2.29. The number of aryl methyl sites for hydroxylation is 1. The molecule has 2 fully saturated rings. The van der Waals surface area contributed by atoms with Gasteiger partial charge in [0.15, 0.2) is 5.58 Å². The van der Waals surface area contributed by atoms with Crippen LogP contribution in [0.5, 0.6) is 0 Å². The molecule has 0 saturated carbocycles. The average Bonchev–Trinajstić information content (AvgIpc) is 3.53. The van der Waals surface area contributed by atoms with Crippen molar-refractivity contribution >= 4 is 22.9 Å². The Morgan fingerprint density at radius 2 is 1.67 bits per heavy atom. The first kappa shape index (κ1) is 21.7. The Balaban J connectivity index is 1.24. The van der Waals surface area contributed by atoms with E-state index in [1.54, 1.807) is 0 Å². The summed E-state index contributed by atoms with van der Waals surface area (Å²) in [7, 11) is 0. The van der Waals surface area contributed by atoms with E-state index in [2.05, 4.69) is 11.9 Å². The van der Waals surface area contributed by atoms with Gasteiger partial charge in [0.25, 0.3) is 5.91 Å². The molecule has 1 unspecified atom stereocenters. The lowest BCUT2D eigenvalue weighted by Gasteiger charge is -2.35. The second kappa shape index (κ2) is 9.00. The van der Waals surface area contributed by atoms with Crippen molar-refractivity contribution in [1.29, 1.82) is 0 Å². The summed E-state index contributed by atoms with van der Waals surface area (Å²) >= 11 is 0. The van der Waals surface area contributed by atoms with Gasteiger partial charge in [-0.15, -0.1) is 0 Å². The van der Waals surface area contributed by atoms with Gasteiger partial charge in [0.05, 0.1) is 0 Å². The van der Waals surface area contributed by atoms with Crippen molar-refractivity contribution in [1.82, 2.24) is 14.8 Å². The highest BCUT2D eigenvalue weighted by atomic mass is 16.3. The number of nitrogens with zero attached hydrogens (tertiary/aromatic N) is 3. The second-order valence-corrected chi connectivity index (χ2v) is 9.52. The fourth-order valence-corrected chi connectivity index (χ4v) is 5.09. The zero-order chi connectivity index (χ0) is 22.9. The molecule has 0 radical (unpaired) electrons. The lowest BCUT2D eigenvalue weighted by Crippen LogP contribution is -2.43. The van der Waals surface area contributed by atoms with Crippen LogP contribution >= 0.6 is 0 Å². The number of likely N-dealkylation sites (tertiary alicyclic amines) is 2. The van der Waals surface area contributed by atoms with Crippen LogP contribution in [0.25, 0.3) is 22.6 Å². The number of aromatic nitrogens is 1. The monoisotopic (exact) mass is 445 g/mol. The van der Waals surface area contributed by atoms with Crippen molar-refractivity contribution < 1.29 is 14.0 Å². The largest absolute Gasteiger partial charge is 0.436 e. The van der Waals surface area contributed by atoms with E-state index in [0.29, 0.717) is 41.6 Å². The van der Waals surface area contributed by atoms with Crippen LogP contribution in [-0.4, -0.2) is 52.8 Å². The van der Waals surface area contributed by atoms with Crippen LogP contribution in [0.2, 0.25) is 0 Å². The minimum Gasteiger partial charge on any atom is -0.436 e. The molecule has 6 heteroatoms. The highest BCUT2D eigenvalue weighted by Gasteiger charge is 2.33. The topological polar surface area (TPSA) is 66.7 Å². The molecule has 6 nitrogen and oxygen atoms in total. The number of carbonyl (C=O) groups excluding carboxylic acids is 2. The van der Waals surface area contributed by atoms with Crippen LogP contribution in [0.4, 0.5) is 0 Å². The van der Waals surface area contributed by atoms with Gasteiger partial charge in [-0.3, -0.25) is 9.59 Å². The van der Waals surface area contributed by atoms with E-state index in [4.69, 9.17) is 4.42 Å². The number of oxazole rings is 1. The van der Waals surface area contributed by atoms with Gasteiger partial charge in [-0.1, -0.05) is 24.6 Å². The Bertz CT molecular complexity index is 1150. The van der Waals surface area contributed by atoms with Crippen LogP contribution < -0.4 is 0 Å². The number of benzene rings is 2. The number of piperidine rings is 1. The minimum atomic E-state index is 0.0220. The molecule has 3 heterocycles. The average molecular weight is 446 g/mol. The number of hydrogen-bond acceptors (Lipinski definition) is 4. The molecule has 5 rings (SSSR count). The third kappa shape index (κ3) is 4.39. The zero-order valence-electron chi connectivity index (χ0n) is 19.4. The summed E-state index contributed by atoms with van der Waals surface area (Å²) in [4.78, 5) is 34.5. The molecule has 2 aliphatic heterocycles. The number of hydrogen-bond donors (Lipinski definition) is 0. The summed E-state index contributed by atoms with van der Waals surface area (Å²) in [6.45, 7) is 7.28. The van der Waals surface area contributed by atoms with Crippen molar-refractivity contribution in [3.05, 3.63) is 53.6 Å². The lowest BCUT2D eigenvalue weighted by atomic mass is 9.84. The Morgan fingerprint density at radius 3 is 2.36 bits per heavy atom. The molecule has 2 saturated heterocycles. The molecule has 2 aromatic carbocycles. The zero-order valence-corrected chi connectivity index (χ0v) is 19.4. The Kier molecular flexibility index (Phi) is 5.92. The van der Waals surface area contributed by atoms with E-state index in [1.165, 1.54) is 5.56 Å². The summed E-state index contributed by atoms with van der Waals surface area (Å²) in [5, 5.41) is 0. The van der Waals surface area contributed by atoms with E-state index in [0.717, 1.165) is 44.3 Å². The summed E-state index contributed by atoms with van der Waals surface area (Å²) in [6, 6.07) is 13.5. The van der Waals surface area contributed by atoms with Crippen molar-refractivity contribution in [2.75, 3.05) is 26.2 Å². The normalized spacial score (nSPS) is 18.1. The van der Waals surface area contributed by atoms with Crippen LogP contribution in [-0.2, 0) is 4.79 Å². The predicted octanol–water partition coefficient (Wildman–Crippen LogP) is 4.91. The van der Waals surface area contributed by atoms with Gasteiger partial charge < -0.3 is 14.2 Å². The fraction of sp³-hybridized carbons (Fsp3) is 0.444.